The predicted octanol–water partition coefficient (Wildman–Crippen LogP) is -1.49. The van der Waals surface area contributed by atoms with Crippen molar-refractivity contribution in [2.24, 2.45) is 11.6 Å². The van der Waals surface area contributed by atoms with E-state index in [0.717, 1.165) is 5.01 Å². The van der Waals surface area contributed by atoms with Crippen LogP contribution in [0.25, 0.3) is 0 Å². The molecule has 0 unspecified atom stereocenters. The first kappa shape index (κ1) is 10.9. The standard InChI is InChI=1S/C6H13N3O3/c7-4-5(10)9(8)3-1-2-6(11)12/h1-4,7-8H2,(H,11,12). The fraction of sp³-hybridized carbons (Fsp3) is 0.667. The third-order valence-electron chi connectivity index (χ3n) is 1.28. The van der Waals surface area contributed by atoms with Crippen molar-refractivity contribution in [3.8, 4) is 0 Å². The Labute approximate surface area is 70.1 Å². The molecule has 0 radical (unpaired) electrons. The molecule has 0 rings (SSSR count). The topological polar surface area (TPSA) is 110 Å². The first-order chi connectivity index (χ1) is 5.57. The quantitative estimate of drug-likeness (QED) is 0.268. The van der Waals surface area contributed by atoms with Gasteiger partial charge in [0.2, 0.25) is 5.91 Å². The first-order valence-corrected chi connectivity index (χ1v) is 3.55. The lowest BCUT2D eigenvalue weighted by Gasteiger charge is -2.14. The Hall–Kier alpha value is -1.14. The van der Waals surface area contributed by atoms with Crippen LogP contribution in [0.1, 0.15) is 12.8 Å². The van der Waals surface area contributed by atoms with E-state index in [1.807, 2.05) is 0 Å². The Bertz CT molecular complexity index is 171. The molecule has 0 aromatic rings. The zero-order valence-electron chi connectivity index (χ0n) is 6.69. The van der Waals surface area contributed by atoms with Crippen LogP contribution in [0.15, 0.2) is 0 Å². The lowest BCUT2D eigenvalue weighted by Crippen LogP contribution is -2.42. The number of hydrazine groups is 1. The van der Waals surface area contributed by atoms with E-state index in [2.05, 4.69) is 0 Å². The van der Waals surface area contributed by atoms with Crippen LogP contribution in [0, 0.1) is 0 Å². The minimum absolute atomic E-state index is 0.00551. The normalized spacial score (nSPS) is 9.50. The van der Waals surface area contributed by atoms with Gasteiger partial charge >= 0.3 is 5.97 Å². The number of nitrogens with zero attached hydrogens (tertiary/aromatic N) is 1. The summed E-state index contributed by atoms with van der Waals surface area (Å²) in [6, 6.07) is 0. The molecule has 0 aromatic heterocycles. The number of nitrogens with two attached hydrogens (primary N) is 2. The van der Waals surface area contributed by atoms with Gasteiger partial charge in [-0.05, 0) is 6.42 Å². The first-order valence-electron chi connectivity index (χ1n) is 3.55. The van der Waals surface area contributed by atoms with Crippen LogP contribution >= 0.6 is 0 Å². The van der Waals surface area contributed by atoms with Crippen LogP contribution in [-0.2, 0) is 9.59 Å². The van der Waals surface area contributed by atoms with Gasteiger partial charge in [0.1, 0.15) is 0 Å². The molecule has 5 N–H and O–H groups in total. The summed E-state index contributed by atoms with van der Waals surface area (Å²) in [7, 11) is 0. The van der Waals surface area contributed by atoms with Crippen LogP contribution in [-0.4, -0.2) is 35.1 Å². The van der Waals surface area contributed by atoms with E-state index in [0.29, 0.717) is 6.42 Å². The number of carboxylic acids is 1. The maximum absolute atomic E-state index is 10.7. The summed E-state index contributed by atoms with van der Waals surface area (Å²) in [4.78, 5) is 20.8. The molecule has 70 valence electrons. The van der Waals surface area contributed by atoms with Crippen molar-refractivity contribution in [3.05, 3.63) is 0 Å². The van der Waals surface area contributed by atoms with E-state index >= 15 is 0 Å². The average Bonchev–Trinajstić information content (AvgIpc) is 2.02. The van der Waals surface area contributed by atoms with Crippen LogP contribution in [0.5, 0.6) is 0 Å². The summed E-state index contributed by atoms with van der Waals surface area (Å²) >= 11 is 0. The van der Waals surface area contributed by atoms with Crippen molar-refractivity contribution in [2.75, 3.05) is 13.1 Å². The molecule has 1 amide bonds. The highest BCUT2D eigenvalue weighted by molar-refractivity contribution is 5.77. The number of carbonyl (C=O) groups is 2. The van der Waals surface area contributed by atoms with Gasteiger partial charge in [0.25, 0.3) is 0 Å². The molecule has 0 aliphatic carbocycles. The summed E-state index contributed by atoms with van der Waals surface area (Å²) in [5.41, 5.74) is 5.02. The third-order valence-corrected chi connectivity index (χ3v) is 1.28. The Morgan fingerprint density at radius 3 is 2.42 bits per heavy atom. The molecule has 0 bridgehead atoms. The molecule has 0 aliphatic rings. The van der Waals surface area contributed by atoms with Crippen molar-refractivity contribution in [1.82, 2.24) is 5.01 Å². The van der Waals surface area contributed by atoms with E-state index in [9.17, 15) is 9.59 Å². The predicted molar refractivity (Wildman–Crippen MR) is 41.8 cm³/mol. The van der Waals surface area contributed by atoms with Crippen LogP contribution in [0.3, 0.4) is 0 Å². The molecule has 12 heavy (non-hydrogen) atoms. The zero-order valence-corrected chi connectivity index (χ0v) is 6.69. The summed E-state index contributed by atoms with van der Waals surface area (Å²) in [5.74, 6) is 3.94. The Kier molecular flexibility index (Phi) is 4.98. The second-order valence-electron chi connectivity index (χ2n) is 2.29. The van der Waals surface area contributed by atoms with Gasteiger partial charge in [0.05, 0.1) is 6.54 Å². The van der Waals surface area contributed by atoms with Crippen molar-refractivity contribution < 1.29 is 14.7 Å². The number of rotatable bonds is 5. The number of hydrogen-bond acceptors (Lipinski definition) is 4. The third kappa shape index (κ3) is 4.64. The molecular weight excluding hydrogens is 162 g/mol. The molecule has 0 fully saturated rings. The Morgan fingerprint density at radius 1 is 1.42 bits per heavy atom. The fourth-order valence-electron chi connectivity index (χ4n) is 0.643. The van der Waals surface area contributed by atoms with Gasteiger partial charge in [0, 0.05) is 13.0 Å². The van der Waals surface area contributed by atoms with Crippen LogP contribution < -0.4 is 11.6 Å². The molecule has 0 spiro atoms. The van der Waals surface area contributed by atoms with Crippen molar-refractivity contribution in [3.63, 3.8) is 0 Å². The Morgan fingerprint density at radius 2 is 2.00 bits per heavy atom. The lowest BCUT2D eigenvalue weighted by molar-refractivity contribution is -0.138. The van der Waals surface area contributed by atoms with Gasteiger partial charge in [-0.15, -0.1) is 0 Å². The van der Waals surface area contributed by atoms with Gasteiger partial charge in [-0.25, -0.2) is 5.84 Å². The minimum Gasteiger partial charge on any atom is -0.481 e. The highest BCUT2D eigenvalue weighted by Gasteiger charge is 2.06. The van der Waals surface area contributed by atoms with Gasteiger partial charge in [-0.3, -0.25) is 14.6 Å². The largest absolute Gasteiger partial charge is 0.481 e. The molecule has 0 saturated heterocycles. The molecule has 0 aliphatic heterocycles. The van der Waals surface area contributed by atoms with E-state index in [1.54, 1.807) is 0 Å². The maximum Gasteiger partial charge on any atom is 0.303 e. The van der Waals surface area contributed by atoms with Gasteiger partial charge in [0.15, 0.2) is 0 Å². The molecule has 0 saturated carbocycles. The smallest absolute Gasteiger partial charge is 0.303 e. The number of carboxylic acid groups (broad SMARTS) is 1. The van der Waals surface area contributed by atoms with Crippen molar-refractivity contribution in [2.45, 2.75) is 12.8 Å². The maximum atomic E-state index is 10.7. The molecule has 6 nitrogen and oxygen atoms in total. The summed E-state index contributed by atoms with van der Waals surface area (Å²) in [6.07, 6.45) is 0.350. The van der Waals surface area contributed by atoms with E-state index < -0.39 is 5.97 Å². The Balaban J connectivity index is 3.50. The van der Waals surface area contributed by atoms with Crippen LogP contribution in [0.2, 0.25) is 0 Å². The van der Waals surface area contributed by atoms with Gasteiger partial charge in [-0.2, -0.15) is 0 Å². The van der Waals surface area contributed by atoms with Gasteiger partial charge < -0.3 is 10.8 Å². The zero-order chi connectivity index (χ0) is 9.56. The highest BCUT2D eigenvalue weighted by Crippen LogP contribution is 1.90. The number of aliphatic carboxylic acids is 1. The van der Waals surface area contributed by atoms with E-state index in [4.69, 9.17) is 16.7 Å². The average molecular weight is 175 g/mol. The molecule has 0 aromatic carbocycles. The SMILES string of the molecule is NCC(=O)N(N)CCCC(=O)O. The van der Waals surface area contributed by atoms with E-state index in [-0.39, 0.29) is 25.4 Å². The summed E-state index contributed by atoms with van der Waals surface area (Å²) in [6.45, 7) is 0.0753. The summed E-state index contributed by atoms with van der Waals surface area (Å²) < 4.78 is 0. The van der Waals surface area contributed by atoms with E-state index in [1.165, 1.54) is 0 Å². The molecule has 6 heteroatoms. The molecule has 0 heterocycles. The number of hydrogen-bond donors (Lipinski definition) is 3. The summed E-state index contributed by atoms with van der Waals surface area (Å²) in [5, 5.41) is 9.19. The second kappa shape index (κ2) is 5.50. The second-order valence-corrected chi connectivity index (χ2v) is 2.29. The number of amides is 1. The van der Waals surface area contributed by atoms with Crippen LogP contribution in [0.4, 0.5) is 0 Å². The highest BCUT2D eigenvalue weighted by atomic mass is 16.4. The monoisotopic (exact) mass is 175 g/mol. The minimum atomic E-state index is -0.899. The fourth-order valence-corrected chi connectivity index (χ4v) is 0.643. The lowest BCUT2D eigenvalue weighted by atomic mass is 10.3. The van der Waals surface area contributed by atoms with Gasteiger partial charge in [-0.1, -0.05) is 0 Å². The number of carbonyl (C=O) groups excluding carboxylic acids is 1. The molecule has 0 atom stereocenters. The van der Waals surface area contributed by atoms with Crippen molar-refractivity contribution in [1.29, 1.82) is 0 Å². The van der Waals surface area contributed by atoms with Crippen molar-refractivity contribution >= 4 is 11.9 Å². The molecular formula is C6H13N3O3.